The van der Waals surface area contributed by atoms with Gasteiger partial charge >= 0.3 is 0 Å². The second-order valence-corrected chi connectivity index (χ2v) is 5.91. The number of halogens is 1. The topological polar surface area (TPSA) is 54.1 Å². The van der Waals surface area contributed by atoms with Crippen molar-refractivity contribution in [2.45, 2.75) is 26.5 Å². The lowest BCUT2D eigenvalue weighted by Gasteiger charge is -2.28. The van der Waals surface area contributed by atoms with Crippen molar-refractivity contribution in [3.05, 3.63) is 45.6 Å². The predicted octanol–water partition coefficient (Wildman–Crippen LogP) is 2.48. The molecule has 2 N–H and O–H groups in total. The van der Waals surface area contributed by atoms with Crippen LogP contribution in [0.25, 0.3) is 10.8 Å². The van der Waals surface area contributed by atoms with Gasteiger partial charge in [0.25, 0.3) is 5.56 Å². The van der Waals surface area contributed by atoms with Gasteiger partial charge in [0.2, 0.25) is 0 Å². The molecule has 1 unspecified atom stereocenters. The van der Waals surface area contributed by atoms with Crippen LogP contribution >= 0.6 is 0 Å². The summed E-state index contributed by atoms with van der Waals surface area (Å²) in [6, 6.07) is 4.40. The molecule has 0 radical (unpaired) electrons. The highest BCUT2D eigenvalue weighted by Crippen LogP contribution is 2.29. The van der Waals surface area contributed by atoms with E-state index in [4.69, 9.17) is 4.74 Å². The van der Waals surface area contributed by atoms with Crippen LogP contribution in [0.4, 0.5) is 4.39 Å². The molecule has 21 heavy (non-hydrogen) atoms. The zero-order valence-electron chi connectivity index (χ0n) is 12.2. The number of ether oxygens (including phenoxy) is 1. The van der Waals surface area contributed by atoms with E-state index in [1.165, 1.54) is 12.1 Å². The van der Waals surface area contributed by atoms with E-state index in [2.05, 4.69) is 24.1 Å². The van der Waals surface area contributed by atoms with Crippen LogP contribution in [0.1, 0.15) is 31.1 Å². The molecule has 1 aromatic heterocycles. The van der Waals surface area contributed by atoms with E-state index in [1.54, 1.807) is 6.07 Å². The minimum Gasteiger partial charge on any atom is -0.373 e. The van der Waals surface area contributed by atoms with Gasteiger partial charge in [-0.25, -0.2) is 4.39 Å². The van der Waals surface area contributed by atoms with Crippen molar-refractivity contribution >= 4 is 10.8 Å². The lowest BCUT2D eigenvalue weighted by Crippen LogP contribution is -2.34. The predicted molar refractivity (Wildman–Crippen MR) is 79.8 cm³/mol. The molecule has 0 amide bonds. The van der Waals surface area contributed by atoms with E-state index in [0.29, 0.717) is 24.5 Å². The number of nitrogens with one attached hydrogen (secondary N) is 2. The Balaban J connectivity index is 2.14. The van der Waals surface area contributed by atoms with Gasteiger partial charge in [-0.05, 0) is 30.0 Å². The van der Waals surface area contributed by atoms with Crippen LogP contribution in [0.2, 0.25) is 0 Å². The van der Waals surface area contributed by atoms with Crippen LogP contribution in [0.15, 0.2) is 23.0 Å². The van der Waals surface area contributed by atoms with Crippen molar-refractivity contribution in [2.24, 2.45) is 5.92 Å². The summed E-state index contributed by atoms with van der Waals surface area (Å²) in [5.41, 5.74) is 1.54. The van der Waals surface area contributed by atoms with Crippen molar-refractivity contribution in [1.29, 1.82) is 0 Å². The molecule has 0 spiro atoms. The number of hydrogen-bond donors (Lipinski definition) is 2. The van der Waals surface area contributed by atoms with Crippen LogP contribution in [0.3, 0.4) is 0 Å². The average molecular weight is 290 g/mol. The Bertz CT molecular complexity index is 724. The maximum absolute atomic E-state index is 13.4. The van der Waals surface area contributed by atoms with Gasteiger partial charge in [-0.15, -0.1) is 0 Å². The highest BCUT2D eigenvalue weighted by molar-refractivity contribution is 5.86. The molecule has 2 heterocycles. The van der Waals surface area contributed by atoms with E-state index in [1.807, 2.05) is 0 Å². The Morgan fingerprint density at radius 2 is 2.24 bits per heavy atom. The molecule has 4 nitrogen and oxygen atoms in total. The Labute approximate surface area is 122 Å². The van der Waals surface area contributed by atoms with Crippen molar-refractivity contribution in [2.75, 3.05) is 13.2 Å². The first-order chi connectivity index (χ1) is 10.1. The highest BCUT2D eigenvalue weighted by atomic mass is 19.1. The van der Waals surface area contributed by atoms with E-state index < -0.39 is 5.82 Å². The smallest absolute Gasteiger partial charge is 0.256 e. The molecule has 1 aliphatic heterocycles. The lowest BCUT2D eigenvalue weighted by molar-refractivity contribution is 0.0788. The zero-order chi connectivity index (χ0) is 15.0. The fourth-order valence-electron chi connectivity index (χ4n) is 2.79. The second kappa shape index (κ2) is 5.58. The lowest BCUT2D eigenvalue weighted by atomic mass is 9.96. The SMILES string of the molecule is CC(C)CNC1COCc2[nH]c(=O)c3cc(F)ccc3c21. The van der Waals surface area contributed by atoms with Crippen LogP contribution in [0, 0.1) is 11.7 Å². The van der Waals surface area contributed by atoms with E-state index in [9.17, 15) is 9.18 Å². The maximum Gasteiger partial charge on any atom is 0.256 e. The van der Waals surface area contributed by atoms with E-state index >= 15 is 0 Å². The van der Waals surface area contributed by atoms with Gasteiger partial charge in [0, 0.05) is 11.3 Å². The largest absolute Gasteiger partial charge is 0.373 e. The van der Waals surface area contributed by atoms with Gasteiger partial charge in [0.1, 0.15) is 5.82 Å². The maximum atomic E-state index is 13.4. The Morgan fingerprint density at radius 3 is 3.00 bits per heavy atom. The first-order valence-electron chi connectivity index (χ1n) is 7.21. The summed E-state index contributed by atoms with van der Waals surface area (Å²) in [6.07, 6.45) is 0. The number of aromatic nitrogens is 1. The Hall–Kier alpha value is -1.72. The minimum absolute atomic E-state index is 0.0148. The fourth-order valence-corrected chi connectivity index (χ4v) is 2.79. The molecule has 0 bridgehead atoms. The van der Waals surface area contributed by atoms with Gasteiger partial charge in [-0.2, -0.15) is 0 Å². The summed E-state index contributed by atoms with van der Waals surface area (Å²) < 4.78 is 19.0. The van der Waals surface area contributed by atoms with E-state index in [0.717, 1.165) is 23.2 Å². The summed E-state index contributed by atoms with van der Waals surface area (Å²) in [5, 5.41) is 4.66. The summed E-state index contributed by atoms with van der Waals surface area (Å²) >= 11 is 0. The van der Waals surface area contributed by atoms with Crippen LogP contribution < -0.4 is 10.9 Å². The van der Waals surface area contributed by atoms with Gasteiger partial charge in [0.05, 0.1) is 24.6 Å². The molecule has 3 rings (SSSR count). The minimum atomic E-state index is -0.397. The van der Waals surface area contributed by atoms with E-state index in [-0.39, 0.29) is 11.6 Å². The number of aromatic amines is 1. The van der Waals surface area contributed by atoms with Crippen LogP contribution in [-0.2, 0) is 11.3 Å². The molecule has 112 valence electrons. The van der Waals surface area contributed by atoms with Gasteiger partial charge in [0.15, 0.2) is 0 Å². The first kappa shape index (κ1) is 14.2. The first-order valence-corrected chi connectivity index (χ1v) is 7.21. The molecule has 2 aromatic rings. The second-order valence-electron chi connectivity index (χ2n) is 5.91. The molecular weight excluding hydrogens is 271 g/mol. The molecule has 0 saturated carbocycles. The van der Waals surface area contributed by atoms with Gasteiger partial charge in [-0.1, -0.05) is 19.9 Å². The molecule has 5 heteroatoms. The number of rotatable bonds is 3. The number of pyridine rings is 1. The summed E-state index contributed by atoms with van der Waals surface area (Å²) in [7, 11) is 0. The number of benzene rings is 1. The molecule has 0 saturated heterocycles. The third-order valence-electron chi connectivity index (χ3n) is 3.76. The van der Waals surface area contributed by atoms with Crippen molar-refractivity contribution < 1.29 is 9.13 Å². The highest BCUT2D eigenvalue weighted by Gasteiger charge is 2.24. The van der Waals surface area contributed by atoms with Crippen molar-refractivity contribution in [3.63, 3.8) is 0 Å². The summed E-state index contributed by atoms with van der Waals surface area (Å²) in [5.74, 6) is 0.119. The van der Waals surface area contributed by atoms with Gasteiger partial charge in [-0.3, -0.25) is 4.79 Å². The Kier molecular flexibility index (Phi) is 3.78. The molecule has 1 aromatic carbocycles. The van der Waals surface area contributed by atoms with Crippen LogP contribution in [-0.4, -0.2) is 18.1 Å². The quantitative estimate of drug-likeness (QED) is 0.913. The molecule has 1 aliphatic rings. The Morgan fingerprint density at radius 1 is 1.43 bits per heavy atom. The van der Waals surface area contributed by atoms with Crippen molar-refractivity contribution in [1.82, 2.24) is 10.3 Å². The third kappa shape index (κ3) is 2.71. The normalized spacial score (nSPS) is 18.2. The monoisotopic (exact) mass is 290 g/mol. The summed E-state index contributed by atoms with van der Waals surface area (Å²) in [4.78, 5) is 14.9. The molecule has 0 aliphatic carbocycles. The number of H-pyrrole nitrogens is 1. The zero-order valence-corrected chi connectivity index (χ0v) is 12.2. The fraction of sp³-hybridized carbons (Fsp3) is 0.438. The number of fused-ring (bicyclic) bond motifs is 3. The third-order valence-corrected chi connectivity index (χ3v) is 3.76. The number of hydrogen-bond acceptors (Lipinski definition) is 3. The van der Waals surface area contributed by atoms with Crippen molar-refractivity contribution in [3.8, 4) is 0 Å². The molecular formula is C16H19FN2O2. The van der Waals surface area contributed by atoms with Gasteiger partial charge < -0.3 is 15.0 Å². The molecule has 1 atom stereocenters. The standard InChI is InChI=1S/C16H19FN2O2/c1-9(2)6-18-13-7-21-8-14-15(13)11-4-3-10(17)5-12(11)16(20)19-14/h3-5,9,13,18H,6-8H2,1-2H3,(H,19,20). The molecule has 0 fully saturated rings. The average Bonchev–Trinajstić information content (AvgIpc) is 2.45. The summed E-state index contributed by atoms with van der Waals surface area (Å²) in [6.45, 7) is 6.07. The van der Waals surface area contributed by atoms with Crippen LogP contribution in [0.5, 0.6) is 0 Å².